The molecular weight excluding hydrogens is 174 g/mol. The molecule has 0 saturated heterocycles. The van der Waals surface area contributed by atoms with Crippen LogP contribution in [0.25, 0.3) is 0 Å². The van der Waals surface area contributed by atoms with Crippen LogP contribution in [0.2, 0.25) is 0 Å². The van der Waals surface area contributed by atoms with Gasteiger partial charge in [-0.1, -0.05) is 6.42 Å². The normalized spacial score (nSPS) is 45.1. The predicted molar refractivity (Wildman–Crippen MR) is 51.2 cm³/mol. The highest BCUT2D eigenvalue weighted by Crippen LogP contribution is 2.64. The number of fused-ring (bicyclic) bond motifs is 1. The minimum atomic E-state index is -0.162. The Bertz CT molecular complexity index is 318. The van der Waals surface area contributed by atoms with Gasteiger partial charge in [-0.25, -0.2) is 0 Å². The van der Waals surface area contributed by atoms with Crippen molar-refractivity contribution in [2.24, 2.45) is 23.2 Å². The molecule has 0 heterocycles. The number of carbonyl (C=O) groups excluding carboxylic acids is 1. The zero-order chi connectivity index (χ0) is 9.76. The predicted octanol–water partition coefficient (Wildman–Crippen LogP) is 2.30. The van der Waals surface area contributed by atoms with Crippen LogP contribution >= 0.6 is 0 Å². The number of nitriles is 1. The minimum Gasteiger partial charge on any atom is -0.299 e. The van der Waals surface area contributed by atoms with E-state index < -0.39 is 0 Å². The highest BCUT2D eigenvalue weighted by molar-refractivity contribution is 5.90. The Kier molecular flexibility index (Phi) is 1.57. The first-order valence-corrected chi connectivity index (χ1v) is 5.70. The van der Waals surface area contributed by atoms with Crippen molar-refractivity contribution in [3.8, 4) is 6.07 Å². The molecule has 0 aromatic rings. The molecule has 0 spiro atoms. The summed E-state index contributed by atoms with van der Waals surface area (Å²) in [5.74, 6) is 1.53. The summed E-state index contributed by atoms with van der Waals surface area (Å²) in [6, 6.07) is 2.36. The van der Waals surface area contributed by atoms with Crippen molar-refractivity contribution in [2.75, 3.05) is 0 Å². The van der Waals surface area contributed by atoms with Crippen LogP contribution in [0.4, 0.5) is 0 Å². The summed E-state index contributed by atoms with van der Waals surface area (Å²) >= 11 is 0. The van der Waals surface area contributed by atoms with Crippen LogP contribution in [0.3, 0.4) is 0 Å². The van der Waals surface area contributed by atoms with E-state index in [1.54, 1.807) is 0 Å². The van der Waals surface area contributed by atoms with E-state index in [2.05, 4.69) is 6.07 Å². The molecule has 4 fully saturated rings. The van der Waals surface area contributed by atoms with Gasteiger partial charge in [-0.05, 0) is 38.0 Å². The number of Topliss-reactive ketones (excluding diaryl/α,β-unsaturated/α-hetero) is 1. The van der Waals surface area contributed by atoms with E-state index in [0.29, 0.717) is 17.6 Å². The van der Waals surface area contributed by atoms with Gasteiger partial charge in [0.15, 0.2) is 0 Å². The van der Waals surface area contributed by atoms with Crippen LogP contribution < -0.4 is 0 Å². The topological polar surface area (TPSA) is 40.9 Å². The van der Waals surface area contributed by atoms with Crippen LogP contribution in [0, 0.1) is 34.5 Å². The Morgan fingerprint density at radius 2 is 2.07 bits per heavy atom. The molecule has 2 bridgehead atoms. The molecule has 0 aromatic carbocycles. The van der Waals surface area contributed by atoms with Gasteiger partial charge in [-0.15, -0.1) is 0 Å². The molecule has 14 heavy (non-hydrogen) atoms. The SMILES string of the molecule is N#CC1CC2CC1(C(=O)C1CCC1)C2. The van der Waals surface area contributed by atoms with Crippen LogP contribution in [0.5, 0.6) is 0 Å². The van der Waals surface area contributed by atoms with Gasteiger partial charge in [0, 0.05) is 11.3 Å². The number of hydrogen-bond donors (Lipinski definition) is 0. The smallest absolute Gasteiger partial charge is 0.143 e. The van der Waals surface area contributed by atoms with Crippen molar-refractivity contribution in [3.05, 3.63) is 0 Å². The lowest BCUT2D eigenvalue weighted by Gasteiger charge is -2.42. The molecule has 0 amide bonds. The third-order valence-corrected chi connectivity index (χ3v) is 4.66. The maximum atomic E-state index is 12.2. The van der Waals surface area contributed by atoms with Gasteiger partial charge in [-0.2, -0.15) is 5.26 Å². The molecule has 4 rings (SSSR count). The van der Waals surface area contributed by atoms with Crippen molar-refractivity contribution in [2.45, 2.75) is 38.5 Å². The molecule has 4 aliphatic carbocycles. The fourth-order valence-electron chi connectivity index (χ4n) is 3.61. The highest BCUT2D eigenvalue weighted by atomic mass is 16.1. The largest absolute Gasteiger partial charge is 0.299 e. The summed E-state index contributed by atoms with van der Waals surface area (Å²) < 4.78 is 0. The maximum absolute atomic E-state index is 12.2. The third kappa shape index (κ3) is 0.834. The Morgan fingerprint density at radius 1 is 1.36 bits per heavy atom. The first-order chi connectivity index (χ1) is 6.76. The number of ketones is 1. The van der Waals surface area contributed by atoms with E-state index in [1.165, 1.54) is 6.42 Å². The molecule has 2 nitrogen and oxygen atoms in total. The first-order valence-electron chi connectivity index (χ1n) is 5.70. The minimum absolute atomic E-state index is 0.0561. The molecule has 0 aromatic heterocycles. The second kappa shape index (κ2) is 2.59. The van der Waals surface area contributed by atoms with E-state index in [0.717, 1.165) is 32.1 Å². The van der Waals surface area contributed by atoms with Crippen molar-refractivity contribution in [1.29, 1.82) is 5.26 Å². The van der Waals surface area contributed by atoms with E-state index >= 15 is 0 Å². The van der Waals surface area contributed by atoms with Crippen molar-refractivity contribution in [1.82, 2.24) is 0 Å². The van der Waals surface area contributed by atoms with Crippen LogP contribution in [-0.2, 0) is 4.79 Å². The Labute approximate surface area is 84.3 Å². The monoisotopic (exact) mass is 189 g/mol. The summed E-state index contributed by atoms with van der Waals surface area (Å²) in [4.78, 5) is 12.2. The fraction of sp³-hybridized carbons (Fsp3) is 0.833. The zero-order valence-electron chi connectivity index (χ0n) is 8.33. The molecule has 74 valence electrons. The van der Waals surface area contributed by atoms with E-state index in [1.807, 2.05) is 0 Å². The van der Waals surface area contributed by atoms with Crippen molar-refractivity contribution in [3.63, 3.8) is 0 Å². The van der Waals surface area contributed by atoms with Crippen LogP contribution in [0.1, 0.15) is 38.5 Å². The summed E-state index contributed by atoms with van der Waals surface area (Å²) in [5.41, 5.74) is -0.162. The number of rotatable bonds is 2. The zero-order valence-corrected chi connectivity index (χ0v) is 8.33. The molecular formula is C12H15NO. The lowest BCUT2D eigenvalue weighted by molar-refractivity contribution is -0.140. The molecule has 0 radical (unpaired) electrons. The summed E-state index contributed by atoms with van der Waals surface area (Å²) in [6.45, 7) is 0. The highest BCUT2D eigenvalue weighted by Gasteiger charge is 2.62. The van der Waals surface area contributed by atoms with Gasteiger partial charge in [0.05, 0.1) is 12.0 Å². The van der Waals surface area contributed by atoms with E-state index in [-0.39, 0.29) is 11.3 Å². The average Bonchev–Trinajstić information content (AvgIpc) is 2.52. The molecule has 0 N–H and O–H groups in total. The second-order valence-corrected chi connectivity index (χ2v) is 5.34. The molecule has 2 heteroatoms. The molecule has 1 unspecified atom stereocenters. The van der Waals surface area contributed by atoms with Crippen LogP contribution in [-0.4, -0.2) is 5.78 Å². The second-order valence-electron chi connectivity index (χ2n) is 5.34. The van der Waals surface area contributed by atoms with Gasteiger partial charge in [0.25, 0.3) is 0 Å². The number of carbonyl (C=O) groups is 1. The average molecular weight is 189 g/mol. The van der Waals surface area contributed by atoms with E-state index in [4.69, 9.17) is 5.26 Å². The van der Waals surface area contributed by atoms with Gasteiger partial charge in [0.1, 0.15) is 5.78 Å². The fourth-order valence-corrected chi connectivity index (χ4v) is 3.61. The van der Waals surface area contributed by atoms with Gasteiger partial charge < -0.3 is 0 Å². The first kappa shape index (κ1) is 8.47. The van der Waals surface area contributed by atoms with Crippen molar-refractivity contribution < 1.29 is 4.79 Å². The van der Waals surface area contributed by atoms with Gasteiger partial charge in [0.2, 0.25) is 0 Å². The lowest BCUT2D eigenvalue weighted by atomic mass is 9.59. The Morgan fingerprint density at radius 3 is 2.57 bits per heavy atom. The lowest BCUT2D eigenvalue weighted by Crippen LogP contribution is -2.45. The maximum Gasteiger partial charge on any atom is 0.143 e. The standard InChI is InChI=1S/C12H15NO/c13-7-10-4-8-5-12(10,6-8)11(14)9-2-1-3-9/h8-10H,1-6H2. The Balaban J connectivity index is 1.83. The quantitative estimate of drug-likeness (QED) is 0.668. The van der Waals surface area contributed by atoms with Gasteiger partial charge >= 0.3 is 0 Å². The molecule has 0 aliphatic heterocycles. The molecule has 4 aliphatic rings. The molecule has 4 saturated carbocycles. The Hall–Kier alpha value is -0.840. The third-order valence-electron chi connectivity index (χ3n) is 4.66. The number of nitrogens with zero attached hydrogens (tertiary/aromatic N) is 1. The number of hydrogen-bond acceptors (Lipinski definition) is 2. The molecule has 1 atom stereocenters. The van der Waals surface area contributed by atoms with E-state index in [9.17, 15) is 4.79 Å². The summed E-state index contributed by atoms with van der Waals surface area (Å²) in [6.07, 6.45) is 6.44. The summed E-state index contributed by atoms with van der Waals surface area (Å²) in [5, 5.41) is 9.05. The summed E-state index contributed by atoms with van der Waals surface area (Å²) in [7, 11) is 0. The van der Waals surface area contributed by atoms with Gasteiger partial charge in [-0.3, -0.25) is 4.79 Å². The van der Waals surface area contributed by atoms with Crippen LogP contribution in [0.15, 0.2) is 0 Å². The van der Waals surface area contributed by atoms with Crippen molar-refractivity contribution >= 4 is 5.78 Å².